The van der Waals surface area contributed by atoms with Gasteiger partial charge in [0.2, 0.25) is 0 Å². The van der Waals surface area contributed by atoms with Crippen molar-refractivity contribution in [3.05, 3.63) is 71.3 Å². The second-order valence-corrected chi connectivity index (χ2v) is 7.20. The number of benzene rings is 2. The summed E-state index contributed by atoms with van der Waals surface area (Å²) < 4.78 is 38.4. The number of alkyl halides is 3. The van der Waals surface area contributed by atoms with E-state index in [9.17, 15) is 18.0 Å². The van der Waals surface area contributed by atoms with Crippen LogP contribution in [0.2, 0.25) is 0 Å². The Kier molecular flexibility index (Phi) is 6.95. The largest absolute Gasteiger partial charge is 0.416 e. The van der Waals surface area contributed by atoms with Gasteiger partial charge in [-0.15, -0.1) is 0 Å². The third-order valence-electron chi connectivity index (χ3n) is 4.92. The van der Waals surface area contributed by atoms with Gasteiger partial charge in [0.25, 0.3) is 5.91 Å². The molecule has 1 saturated heterocycles. The molecule has 0 aromatic heterocycles. The zero-order valence-electron chi connectivity index (χ0n) is 16.0. The molecule has 3 rings (SSSR count). The molecule has 152 valence electrons. The second kappa shape index (κ2) is 9.62. The highest BCUT2D eigenvalue weighted by Gasteiger charge is 2.31. The Labute approximate surface area is 168 Å². The first-order valence-corrected chi connectivity index (χ1v) is 9.63. The minimum absolute atomic E-state index is 0.0289. The highest BCUT2D eigenvalue weighted by Crippen LogP contribution is 2.29. The predicted octanol–water partition coefficient (Wildman–Crippen LogP) is 4.20. The zero-order chi connectivity index (χ0) is 20.7. The molecule has 0 aliphatic carbocycles. The first kappa shape index (κ1) is 20.9. The van der Waals surface area contributed by atoms with Crippen molar-refractivity contribution in [3.63, 3.8) is 0 Å². The van der Waals surface area contributed by atoms with Gasteiger partial charge in [0.1, 0.15) is 0 Å². The number of rotatable bonds is 4. The molecule has 6 heteroatoms. The Balaban J connectivity index is 1.49. The number of hydrogen-bond acceptors (Lipinski definition) is 2. The normalized spacial score (nSPS) is 17.3. The van der Waals surface area contributed by atoms with Crippen molar-refractivity contribution in [1.82, 2.24) is 10.2 Å². The van der Waals surface area contributed by atoms with Crippen LogP contribution in [-0.2, 0) is 6.18 Å². The summed E-state index contributed by atoms with van der Waals surface area (Å²) in [4.78, 5) is 14.5. The molecule has 0 saturated carbocycles. The molecular weight excluding hydrogens is 377 g/mol. The van der Waals surface area contributed by atoms with Crippen molar-refractivity contribution < 1.29 is 18.0 Å². The van der Waals surface area contributed by atoms with Crippen molar-refractivity contribution in [2.45, 2.75) is 19.0 Å². The Hall–Kier alpha value is -2.78. The molecule has 0 radical (unpaired) electrons. The van der Waals surface area contributed by atoms with E-state index < -0.39 is 17.6 Å². The van der Waals surface area contributed by atoms with Crippen molar-refractivity contribution >= 4 is 5.91 Å². The van der Waals surface area contributed by atoms with Crippen LogP contribution < -0.4 is 5.32 Å². The summed E-state index contributed by atoms with van der Waals surface area (Å²) in [6.45, 7) is 2.87. The van der Waals surface area contributed by atoms with Crippen molar-refractivity contribution in [3.8, 4) is 11.8 Å². The minimum Gasteiger partial charge on any atom is -0.352 e. The quantitative estimate of drug-likeness (QED) is 0.781. The van der Waals surface area contributed by atoms with Crippen LogP contribution in [-0.4, -0.2) is 37.0 Å². The maximum Gasteiger partial charge on any atom is 0.416 e. The van der Waals surface area contributed by atoms with E-state index in [1.54, 1.807) is 0 Å². The first-order chi connectivity index (χ1) is 13.9. The fourth-order valence-corrected chi connectivity index (χ4v) is 3.41. The van der Waals surface area contributed by atoms with E-state index in [0.717, 1.165) is 43.6 Å². The van der Waals surface area contributed by atoms with Gasteiger partial charge in [0, 0.05) is 24.2 Å². The van der Waals surface area contributed by atoms with Gasteiger partial charge in [-0.3, -0.25) is 9.69 Å². The summed E-state index contributed by atoms with van der Waals surface area (Å²) in [6, 6.07) is 14.3. The topological polar surface area (TPSA) is 32.3 Å². The molecule has 1 heterocycles. The molecule has 0 spiro atoms. The van der Waals surface area contributed by atoms with E-state index in [1.807, 2.05) is 30.3 Å². The van der Waals surface area contributed by atoms with Gasteiger partial charge in [-0.2, -0.15) is 13.2 Å². The average Bonchev–Trinajstić information content (AvgIpc) is 2.73. The number of carbonyl (C=O) groups excluding carboxylic acids is 1. The van der Waals surface area contributed by atoms with Gasteiger partial charge in [-0.05, 0) is 55.6 Å². The number of hydrogen-bond donors (Lipinski definition) is 1. The summed E-state index contributed by atoms with van der Waals surface area (Å²) >= 11 is 0. The Bertz CT molecular complexity index is 884. The molecule has 1 aliphatic heterocycles. The fourth-order valence-electron chi connectivity index (χ4n) is 3.41. The molecule has 2 aromatic rings. The molecular formula is C23H23F3N2O. The van der Waals surface area contributed by atoms with E-state index in [0.29, 0.717) is 13.1 Å². The average molecular weight is 400 g/mol. The maximum absolute atomic E-state index is 12.8. The summed E-state index contributed by atoms with van der Waals surface area (Å²) in [5.74, 6) is 6.11. The van der Waals surface area contributed by atoms with Gasteiger partial charge >= 0.3 is 6.18 Å². The van der Waals surface area contributed by atoms with Crippen LogP contribution >= 0.6 is 0 Å². The highest BCUT2D eigenvalue weighted by atomic mass is 19.4. The molecule has 1 fully saturated rings. The Morgan fingerprint density at radius 2 is 1.93 bits per heavy atom. The van der Waals surface area contributed by atoms with E-state index in [2.05, 4.69) is 22.1 Å². The third-order valence-corrected chi connectivity index (χ3v) is 4.92. The number of carbonyl (C=O) groups is 1. The lowest BCUT2D eigenvalue weighted by atomic mass is 9.98. The van der Waals surface area contributed by atoms with E-state index in [4.69, 9.17) is 0 Å². The Morgan fingerprint density at radius 1 is 1.14 bits per heavy atom. The number of likely N-dealkylation sites (tertiary alicyclic amines) is 1. The van der Waals surface area contributed by atoms with Crippen LogP contribution in [0.5, 0.6) is 0 Å². The van der Waals surface area contributed by atoms with Gasteiger partial charge in [0.05, 0.1) is 12.1 Å². The molecule has 0 unspecified atom stereocenters. The predicted molar refractivity (Wildman–Crippen MR) is 106 cm³/mol. The number of amides is 1. The lowest BCUT2D eigenvalue weighted by Gasteiger charge is -2.31. The molecule has 1 atom stereocenters. The van der Waals surface area contributed by atoms with Crippen LogP contribution in [0.4, 0.5) is 13.2 Å². The zero-order valence-corrected chi connectivity index (χ0v) is 16.0. The van der Waals surface area contributed by atoms with Crippen molar-refractivity contribution in [2.24, 2.45) is 5.92 Å². The molecule has 29 heavy (non-hydrogen) atoms. The minimum atomic E-state index is -4.46. The van der Waals surface area contributed by atoms with Gasteiger partial charge in [0.15, 0.2) is 0 Å². The molecule has 0 bridgehead atoms. The standard InChI is InChI=1S/C23H23F3N2O/c24-23(25,26)21-12-4-11-20(15-21)22(29)27-16-19-10-6-14-28(17-19)13-5-9-18-7-2-1-3-8-18/h1-4,7-8,11-12,15,19H,6,10,13-14,16-17H2,(H,27,29)/t19-/m0/s1. The van der Waals surface area contributed by atoms with Crippen LogP contribution in [0.3, 0.4) is 0 Å². The number of nitrogens with zero attached hydrogens (tertiary/aromatic N) is 1. The monoisotopic (exact) mass is 400 g/mol. The lowest BCUT2D eigenvalue weighted by molar-refractivity contribution is -0.137. The molecule has 3 nitrogen and oxygen atoms in total. The first-order valence-electron chi connectivity index (χ1n) is 9.63. The second-order valence-electron chi connectivity index (χ2n) is 7.20. The van der Waals surface area contributed by atoms with Gasteiger partial charge < -0.3 is 5.32 Å². The SMILES string of the molecule is O=C(NC[C@@H]1CCCN(CC#Cc2ccccc2)C1)c1cccc(C(F)(F)F)c1. The summed E-state index contributed by atoms with van der Waals surface area (Å²) in [7, 11) is 0. The number of halogens is 3. The molecule has 1 amide bonds. The van der Waals surface area contributed by atoms with Crippen molar-refractivity contribution in [1.29, 1.82) is 0 Å². The number of piperidine rings is 1. The van der Waals surface area contributed by atoms with Crippen molar-refractivity contribution in [2.75, 3.05) is 26.2 Å². The third kappa shape index (κ3) is 6.37. The smallest absolute Gasteiger partial charge is 0.352 e. The fraction of sp³-hybridized carbons (Fsp3) is 0.348. The van der Waals surface area contributed by atoms with Crippen LogP contribution in [0.15, 0.2) is 54.6 Å². The van der Waals surface area contributed by atoms with Gasteiger partial charge in [-0.1, -0.05) is 36.1 Å². The number of nitrogens with one attached hydrogen (secondary N) is 1. The summed E-state index contributed by atoms with van der Waals surface area (Å²) in [5.41, 5.74) is 0.196. The van der Waals surface area contributed by atoms with E-state index in [1.165, 1.54) is 12.1 Å². The molecule has 1 aliphatic rings. The lowest BCUT2D eigenvalue weighted by Crippen LogP contribution is -2.41. The van der Waals surface area contributed by atoms with Crippen LogP contribution in [0.25, 0.3) is 0 Å². The molecule has 2 aromatic carbocycles. The highest BCUT2D eigenvalue weighted by molar-refractivity contribution is 5.94. The van der Waals surface area contributed by atoms with E-state index in [-0.39, 0.29) is 11.5 Å². The van der Waals surface area contributed by atoms with E-state index >= 15 is 0 Å². The van der Waals surface area contributed by atoms with Crippen LogP contribution in [0, 0.1) is 17.8 Å². The maximum atomic E-state index is 12.8. The van der Waals surface area contributed by atoms with Crippen LogP contribution in [0.1, 0.15) is 34.3 Å². The summed E-state index contributed by atoms with van der Waals surface area (Å²) in [5, 5.41) is 2.78. The summed E-state index contributed by atoms with van der Waals surface area (Å²) in [6.07, 6.45) is -2.47. The Morgan fingerprint density at radius 3 is 2.69 bits per heavy atom. The van der Waals surface area contributed by atoms with Gasteiger partial charge in [-0.25, -0.2) is 0 Å². The molecule has 1 N–H and O–H groups in total.